The molecule has 0 spiro atoms. The van der Waals surface area contributed by atoms with E-state index in [0.717, 1.165) is 11.4 Å². The summed E-state index contributed by atoms with van der Waals surface area (Å²) < 4.78 is 0. The summed E-state index contributed by atoms with van der Waals surface area (Å²) in [6, 6.07) is 6.46. The van der Waals surface area contributed by atoms with E-state index >= 15 is 0 Å². The Morgan fingerprint density at radius 3 is 2.95 bits per heavy atom. The molecular weight excluding hydrogens is 276 g/mol. The van der Waals surface area contributed by atoms with Gasteiger partial charge in [-0.25, -0.2) is 4.98 Å². The molecule has 5 heteroatoms. The second kappa shape index (κ2) is 6.21. The molecule has 0 aliphatic carbocycles. The second-order valence-corrected chi connectivity index (χ2v) is 6.26. The average Bonchev–Trinajstić information content (AvgIpc) is 2.77. The first kappa shape index (κ1) is 14.1. The summed E-state index contributed by atoms with van der Waals surface area (Å²) in [4.78, 5) is 16.6. The number of nitrogens with zero attached hydrogens (tertiary/aromatic N) is 1. The molecule has 100 valence electrons. The smallest absolute Gasteiger partial charge is 0.223 e. The van der Waals surface area contributed by atoms with E-state index in [0.29, 0.717) is 5.13 Å². The van der Waals surface area contributed by atoms with Crippen molar-refractivity contribution in [3.63, 3.8) is 0 Å². The highest BCUT2D eigenvalue weighted by molar-refractivity contribution is 7.98. The maximum absolute atomic E-state index is 10.9. The number of hydrogen-bond donors (Lipinski definition) is 1. The Morgan fingerprint density at radius 2 is 2.21 bits per heavy atom. The number of carbonyl (C=O) groups excluding carboxylic acids is 1. The quantitative estimate of drug-likeness (QED) is 0.866. The number of aromatic nitrogens is 1. The zero-order valence-electron chi connectivity index (χ0n) is 11.2. The van der Waals surface area contributed by atoms with Crippen LogP contribution in [0.5, 0.6) is 0 Å². The van der Waals surface area contributed by atoms with Gasteiger partial charge in [-0.2, -0.15) is 0 Å². The van der Waals surface area contributed by atoms with Gasteiger partial charge in [-0.1, -0.05) is 17.7 Å². The van der Waals surface area contributed by atoms with Crippen LogP contribution in [0.25, 0.3) is 0 Å². The van der Waals surface area contributed by atoms with Gasteiger partial charge in [-0.15, -0.1) is 23.1 Å². The summed E-state index contributed by atoms with van der Waals surface area (Å²) in [5.74, 6) is 0.739. The molecule has 1 N–H and O–H groups in total. The highest BCUT2D eigenvalue weighted by Gasteiger charge is 2.05. The van der Waals surface area contributed by atoms with E-state index in [1.54, 1.807) is 11.8 Å². The van der Waals surface area contributed by atoms with Crippen LogP contribution in [-0.4, -0.2) is 10.9 Å². The van der Waals surface area contributed by atoms with Crippen molar-refractivity contribution in [2.45, 2.75) is 31.4 Å². The number of rotatable bonds is 4. The molecule has 3 nitrogen and oxygen atoms in total. The van der Waals surface area contributed by atoms with E-state index in [9.17, 15) is 4.79 Å². The minimum atomic E-state index is -0.0805. The Labute approximate surface area is 121 Å². The molecule has 2 rings (SSSR count). The third kappa shape index (κ3) is 4.08. The average molecular weight is 292 g/mol. The van der Waals surface area contributed by atoms with Gasteiger partial charge in [0.1, 0.15) is 0 Å². The third-order valence-corrected chi connectivity index (χ3v) is 4.55. The zero-order valence-corrected chi connectivity index (χ0v) is 12.8. The van der Waals surface area contributed by atoms with E-state index in [4.69, 9.17) is 0 Å². The lowest BCUT2D eigenvalue weighted by atomic mass is 10.2. The zero-order chi connectivity index (χ0) is 13.8. The summed E-state index contributed by atoms with van der Waals surface area (Å²) in [6.07, 6.45) is 0. The maximum atomic E-state index is 10.9. The van der Waals surface area contributed by atoms with Crippen LogP contribution in [0.3, 0.4) is 0 Å². The molecule has 1 aromatic heterocycles. The van der Waals surface area contributed by atoms with Gasteiger partial charge in [0.2, 0.25) is 5.91 Å². The third-order valence-electron chi connectivity index (χ3n) is 2.55. The minimum Gasteiger partial charge on any atom is -0.302 e. The van der Waals surface area contributed by atoms with Crippen molar-refractivity contribution >= 4 is 34.1 Å². The molecule has 0 atom stereocenters. The highest BCUT2D eigenvalue weighted by Crippen LogP contribution is 2.28. The molecule has 2 aromatic rings. The van der Waals surface area contributed by atoms with Gasteiger partial charge >= 0.3 is 0 Å². The SMILES string of the molecule is CC(=O)Nc1nc(CSc2cc(C)ccc2C)cs1. The van der Waals surface area contributed by atoms with E-state index in [-0.39, 0.29) is 5.91 Å². The molecule has 0 saturated carbocycles. The van der Waals surface area contributed by atoms with Crippen molar-refractivity contribution in [1.29, 1.82) is 0 Å². The Hall–Kier alpha value is -1.33. The van der Waals surface area contributed by atoms with Gasteiger partial charge in [0.05, 0.1) is 5.69 Å². The Balaban J connectivity index is 2.00. The lowest BCUT2D eigenvalue weighted by Crippen LogP contribution is -2.05. The second-order valence-electron chi connectivity index (χ2n) is 4.38. The summed E-state index contributed by atoms with van der Waals surface area (Å²) in [7, 11) is 0. The lowest BCUT2D eigenvalue weighted by Gasteiger charge is -2.05. The first-order chi connectivity index (χ1) is 9.04. The predicted molar refractivity (Wildman–Crippen MR) is 81.9 cm³/mol. The topological polar surface area (TPSA) is 42.0 Å². The summed E-state index contributed by atoms with van der Waals surface area (Å²) >= 11 is 3.24. The fourth-order valence-electron chi connectivity index (χ4n) is 1.60. The van der Waals surface area contributed by atoms with Crippen LogP contribution in [0.4, 0.5) is 5.13 Å². The molecule has 0 saturated heterocycles. The van der Waals surface area contributed by atoms with Gasteiger partial charge in [0.25, 0.3) is 0 Å². The van der Waals surface area contributed by atoms with E-state index in [1.807, 2.05) is 5.38 Å². The van der Waals surface area contributed by atoms with Crippen LogP contribution in [0.2, 0.25) is 0 Å². The number of amides is 1. The molecule has 0 radical (unpaired) electrons. The van der Waals surface area contributed by atoms with Gasteiger partial charge in [0.15, 0.2) is 5.13 Å². The number of thioether (sulfide) groups is 1. The number of nitrogens with one attached hydrogen (secondary N) is 1. The monoisotopic (exact) mass is 292 g/mol. The Kier molecular flexibility index (Phi) is 4.61. The van der Waals surface area contributed by atoms with Gasteiger partial charge in [-0.3, -0.25) is 4.79 Å². The number of anilines is 1. The van der Waals surface area contributed by atoms with Crippen LogP contribution < -0.4 is 5.32 Å². The largest absolute Gasteiger partial charge is 0.302 e. The van der Waals surface area contributed by atoms with Gasteiger partial charge < -0.3 is 5.32 Å². The van der Waals surface area contributed by atoms with Crippen LogP contribution in [-0.2, 0) is 10.5 Å². The minimum absolute atomic E-state index is 0.0805. The molecule has 19 heavy (non-hydrogen) atoms. The molecule has 1 heterocycles. The Morgan fingerprint density at radius 1 is 1.42 bits per heavy atom. The summed E-state index contributed by atoms with van der Waals surface area (Å²) in [6.45, 7) is 5.71. The number of aryl methyl sites for hydroxylation is 2. The summed E-state index contributed by atoms with van der Waals surface area (Å²) in [5, 5.41) is 5.36. The molecular formula is C14H16N2OS2. The number of hydrogen-bond acceptors (Lipinski definition) is 4. The van der Waals surface area contributed by atoms with Crippen molar-refractivity contribution in [2.24, 2.45) is 0 Å². The van der Waals surface area contributed by atoms with Crippen LogP contribution in [0.15, 0.2) is 28.5 Å². The first-order valence-corrected chi connectivity index (χ1v) is 7.83. The first-order valence-electron chi connectivity index (χ1n) is 5.96. The molecule has 0 bridgehead atoms. The number of thiazole rings is 1. The molecule has 0 fully saturated rings. The predicted octanol–water partition coefficient (Wildman–Crippen LogP) is 4.01. The number of carbonyl (C=O) groups is 1. The number of benzene rings is 1. The fourth-order valence-corrected chi connectivity index (χ4v) is 3.47. The van der Waals surface area contributed by atoms with Crippen molar-refractivity contribution in [3.8, 4) is 0 Å². The molecule has 0 unspecified atom stereocenters. The summed E-state index contributed by atoms with van der Waals surface area (Å²) in [5.41, 5.74) is 3.55. The Bertz CT molecular complexity index is 593. The lowest BCUT2D eigenvalue weighted by molar-refractivity contribution is -0.114. The standard InChI is InChI=1S/C14H16N2OS2/c1-9-4-5-10(2)13(6-9)18-7-12-8-19-14(16-12)15-11(3)17/h4-6,8H,7H2,1-3H3,(H,15,16,17). The van der Waals surface area contributed by atoms with Crippen molar-refractivity contribution in [2.75, 3.05) is 5.32 Å². The molecule has 0 aliphatic heterocycles. The van der Waals surface area contributed by atoms with E-state index in [2.05, 4.69) is 42.3 Å². The van der Waals surface area contributed by atoms with Crippen LogP contribution in [0, 0.1) is 13.8 Å². The van der Waals surface area contributed by atoms with Crippen LogP contribution in [0.1, 0.15) is 23.7 Å². The van der Waals surface area contributed by atoms with Crippen molar-refractivity contribution < 1.29 is 4.79 Å². The molecule has 1 aromatic carbocycles. The van der Waals surface area contributed by atoms with Gasteiger partial charge in [-0.05, 0) is 25.5 Å². The van der Waals surface area contributed by atoms with Crippen molar-refractivity contribution in [1.82, 2.24) is 4.98 Å². The fraction of sp³-hybridized carbons (Fsp3) is 0.286. The molecule has 0 aliphatic rings. The van der Waals surface area contributed by atoms with Crippen LogP contribution >= 0.6 is 23.1 Å². The van der Waals surface area contributed by atoms with Gasteiger partial charge in [0, 0.05) is 23.0 Å². The van der Waals surface area contributed by atoms with E-state index < -0.39 is 0 Å². The molecule has 1 amide bonds. The highest BCUT2D eigenvalue weighted by atomic mass is 32.2. The van der Waals surface area contributed by atoms with Crippen molar-refractivity contribution in [3.05, 3.63) is 40.4 Å². The van der Waals surface area contributed by atoms with E-state index in [1.165, 1.54) is 34.3 Å². The normalized spacial score (nSPS) is 10.5. The maximum Gasteiger partial charge on any atom is 0.223 e.